The predicted molar refractivity (Wildman–Crippen MR) is 59.1 cm³/mol. The third-order valence-corrected chi connectivity index (χ3v) is 5.86. The Morgan fingerprint density at radius 1 is 0.826 bits per heavy atom. The molecule has 4 aliphatic rings. The summed E-state index contributed by atoms with van der Waals surface area (Å²) in [6, 6.07) is 0. The topological polar surface area (TPSA) is 38.7 Å². The number of hydrogen-bond acceptors (Lipinski definition) is 3. The number of rotatable bonds is 1. The molecule has 0 spiro atoms. The van der Waals surface area contributed by atoms with E-state index in [9.17, 15) is 31.4 Å². The number of hydrogen-bond donors (Lipinski definition) is 1. The standard InChI is InChI=1S/C13H13F7O3/c14-10(11(21,12(15,16)17)13(18,19)20)3-6-7-4-1-2-5(22-4)8(7)9(10)23-6/h4-9,21H,1-3H2. The molecule has 0 amide bonds. The maximum absolute atomic E-state index is 15.1. The van der Waals surface area contributed by atoms with Crippen LogP contribution in [0.3, 0.4) is 0 Å². The van der Waals surface area contributed by atoms with Crippen LogP contribution >= 0.6 is 0 Å². The third kappa shape index (κ3) is 1.62. The van der Waals surface area contributed by atoms with Crippen LogP contribution in [0.1, 0.15) is 19.3 Å². The van der Waals surface area contributed by atoms with Crippen molar-refractivity contribution < 1.29 is 45.3 Å². The Balaban J connectivity index is 1.77. The zero-order chi connectivity index (χ0) is 17.0. The van der Waals surface area contributed by atoms with Crippen LogP contribution in [0, 0.1) is 11.8 Å². The van der Waals surface area contributed by atoms with Gasteiger partial charge in [-0.15, -0.1) is 0 Å². The minimum absolute atomic E-state index is 0.311. The number of fused-ring (bicyclic) bond motifs is 9. The second-order valence-corrected chi connectivity index (χ2v) is 6.81. The van der Waals surface area contributed by atoms with Crippen LogP contribution in [0.2, 0.25) is 0 Å². The van der Waals surface area contributed by atoms with Crippen LogP contribution in [0.4, 0.5) is 30.7 Å². The fourth-order valence-corrected chi connectivity index (χ4v) is 5.00. The van der Waals surface area contributed by atoms with E-state index in [0.717, 1.165) is 0 Å². The first-order valence-electron chi connectivity index (χ1n) is 7.27. The van der Waals surface area contributed by atoms with Crippen molar-refractivity contribution in [3.63, 3.8) is 0 Å². The van der Waals surface area contributed by atoms with Crippen molar-refractivity contribution in [2.45, 2.75) is 67.3 Å². The quantitative estimate of drug-likeness (QED) is 0.739. The van der Waals surface area contributed by atoms with E-state index in [2.05, 4.69) is 0 Å². The normalized spacial score (nSPS) is 49.0. The average molecular weight is 350 g/mol. The summed E-state index contributed by atoms with van der Waals surface area (Å²) in [5.41, 5.74) is -9.43. The molecule has 4 rings (SSSR count). The zero-order valence-corrected chi connectivity index (χ0v) is 11.5. The van der Waals surface area contributed by atoms with E-state index in [0.29, 0.717) is 12.8 Å². The number of ether oxygens (including phenoxy) is 2. The molecule has 4 saturated heterocycles. The van der Waals surface area contributed by atoms with Crippen molar-refractivity contribution in [3.05, 3.63) is 0 Å². The van der Waals surface area contributed by atoms with E-state index in [-0.39, 0.29) is 6.10 Å². The van der Waals surface area contributed by atoms with Crippen LogP contribution in [-0.4, -0.2) is 53.1 Å². The molecule has 0 aromatic heterocycles. The summed E-state index contributed by atoms with van der Waals surface area (Å²) in [4.78, 5) is 0. The van der Waals surface area contributed by atoms with E-state index in [4.69, 9.17) is 9.47 Å². The molecule has 4 heterocycles. The molecule has 7 unspecified atom stereocenters. The Morgan fingerprint density at radius 3 is 1.87 bits per heavy atom. The van der Waals surface area contributed by atoms with E-state index < -0.39 is 60.2 Å². The van der Waals surface area contributed by atoms with E-state index >= 15 is 4.39 Å². The monoisotopic (exact) mass is 350 g/mol. The Labute approximate surface area is 125 Å². The molecule has 4 bridgehead atoms. The number of halogens is 7. The van der Waals surface area contributed by atoms with Crippen LogP contribution in [0.5, 0.6) is 0 Å². The largest absolute Gasteiger partial charge is 0.429 e. The van der Waals surface area contributed by atoms with E-state index in [1.165, 1.54) is 0 Å². The molecule has 0 radical (unpaired) electrons. The molecule has 0 aromatic carbocycles. The first-order valence-corrected chi connectivity index (χ1v) is 7.27. The van der Waals surface area contributed by atoms with Gasteiger partial charge < -0.3 is 14.6 Å². The minimum Gasteiger partial charge on any atom is -0.374 e. The van der Waals surface area contributed by atoms with Crippen molar-refractivity contribution in [3.8, 4) is 0 Å². The van der Waals surface area contributed by atoms with Crippen LogP contribution in [0.15, 0.2) is 0 Å². The maximum atomic E-state index is 15.1. The highest BCUT2D eigenvalue weighted by atomic mass is 19.4. The van der Waals surface area contributed by atoms with E-state index in [1.54, 1.807) is 0 Å². The molecule has 132 valence electrons. The summed E-state index contributed by atoms with van der Waals surface area (Å²) in [6.07, 6.45) is -16.5. The summed E-state index contributed by atoms with van der Waals surface area (Å²) < 4.78 is 104. The van der Waals surface area contributed by atoms with Gasteiger partial charge in [0.25, 0.3) is 5.60 Å². The molecule has 7 atom stereocenters. The van der Waals surface area contributed by atoms with Crippen molar-refractivity contribution in [1.29, 1.82) is 0 Å². The molecule has 1 N–H and O–H groups in total. The van der Waals surface area contributed by atoms with Crippen molar-refractivity contribution in [2.24, 2.45) is 11.8 Å². The van der Waals surface area contributed by atoms with E-state index in [1.807, 2.05) is 0 Å². The number of aliphatic hydroxyl groups is 1. The lowest BCUT2D eigenvalue weighted by Gasteiger charge is -2.47. The third-order valence-electron chi connectivity index (χ3n) is 5.86. The van der Waals surface area contributed by atoms with Crippen LogP contribution in [0.25, 0.3) is 0 Å². The highest BCUT2D eigenvalue weighted by molar-refractivity contribution is 5.25. The molecule has 0 saturated carbocycles. The van der Waals surface area contributed by atoms with Gasteiger partial charge in [0.1, 0.15) is 6.10 Å². The second-order valence-electron chi connectivity index (χ2n) is 6.81. The first-order chi connectivity index (χ1) is 10.4. The fourth-order valence-electron chi connectivity index (χ4n) is 5.00. The molecule has 0 aliphatic carbocycles. The van der Waals surface area contributed by atoms with Crippen LogP contribution < -0.4 is 0 Å². The molecule has 4 fully saturated rings. The Hall–Kier alpha value is -0.610. The zero-order valence-electron chi connectivity index (χ0n) is 11.5. The fraction of sp³-hybridized carbons (Fsp3) is 1.00. The highest BCUT2D eigenvalue weighted by Gasteiger charge is 2.87. The Morgan fingerprint density at radius 2 is 1.35 bits per heavy atom. The van der Waals surface area contributed by atoms with Crippen molar-refractivity contribution >= 4 is 0 Å². The van der Waals surface area contributed by atoms with Crippen LogP contribution in [-0.2, 0) is 9.47 Å². The smallest absolute Gasteiger partial charge is 0.374 e. The molecule has 23 heavy (non-hydrogen) atoms. The van der Waals surface area contributed by atoms with Gasteiger partial charge in [0.15, 0.2) is 5.67 Å². The lowest BCUT2D eigenvalue weighted by molar-refractivity contribution is -0.408. The van der Waals surface area contributed by atoms with Gasteiger partial charge in [-0.2, -0.15) is 26.3 Å². The lowest BCUT2D eigenvalue weighted by atomic mass is 9.62. The highest BCUT2D eigenvalue weighted by Crippen LogP contribution is 2.66. The van der Waals surface area contributed by atoms with Gasteiger partial charge in [0.05, 0.1) is 18.3 Å². The molecule has 4 aliphatic heterocycles. The molecular weight excluding hydrogens is 337 g/mol. The lowest BCUT2D eigenvalue weighted by Crippen LogP contribution is -2.73. The molecule has 0 aromatic rings. The average Bonchev–Trinajstić information content (AvgIpc) is 3.11. The molecular formula is C13H13F7O3. The predicted octanol–water partition coefficient (Wildman–Crippen LogP) is 2.52. The van der Waals surface area contributed by atoms with Gasteiger partial charge in [-0.3, -0.25) is 0 Å². The van der Waals surface area contributed by atoms with Crippen molar-refractivity contribution in [2.75, 3.05) is 0 Å². The first kappa shape index (κ1) is 15.9. The minimum atomic E-state index is -6.21. The van der Waals surface area contributed by atoms with Gasteiger partial charge in [0.2, 0.25) is 0 Å². The Bertz CT molecular complexity index is 519. The summed E-state index contributed by atoms with van der Waals surface area (Å²) in [5.74, 6) is -1.28. The Kier molecular flexibility index (Phi) is 2.86. The number of alkyl halides is 7. The van der Waals surface area contributed by atoms with Crippen molar-refractivity contribution in [1.82, 2.24) is 0 Å². The maximum Gasteiger partial charge on any atom is 0.429 e. The second kappa shape index (κ2) is 4.13. The van der Waals surface area contributed by atoms with Gasteiger partial charge in [-0.05, 0) is 12.8 Å². The van der Waals surface area contributed by atoms with Gasteiger partial charge in [-0.1, -0.05) is 0 Å². The molecule has 3 nitrogen and oxygen atoms in total. The SMILES string of the molecule is OC(C(F)(F)F)(C(F)(F)F)C1(F)CC2OC1C1C3CCC(O3)C21. The summed E-state index contributed by atoms with van der Waals surface area (Å²) in [5, 5.41) is 9.51. The summed E-state index contributed by atoms with van der Waals surface area (Å²) >= 11 is 0. The molecule has 10 heteroatoms. The summed E-state index contributed by atoms with van der Waals surface area (Å²) in [7, 11) is 0. The van der Waals surface area contributed by atoms with Gasteiger partial charge in [-0.25, -0.2) is 4.39 Å². The van der Waals surface area contributed by atoms with Gasteiger partial charge in [0, 0.05) is 18.3 Å². The summed E-state index contributed by atoms with van der Waals surface area (Å²) in [6.45, 7) is 0. The van der Waals surface area contributed by atoms with Gasteiger partial charge >= 0.3 is 12.4 Å².